The zero-order valence-corrected chi connectivity index (χ0v) is 16.7. The van der Waals surface area contributed by atoms with E-state index in [0.29, 0.717) is 16.8 Å². The summed E-state index contributed by atoms with van der Waals surface area (Å²) in [6.45, 7) is -2.75. The molecule has 1 saturated carbocycles. The van der Waals surface area contributed by atoms with Crippen molar-refractivity contribution >= 4 is 17.5 Å². The molecule has 6 nitrogen and oxygen atoms in total. The molecular weight excluding hydrogens is 413 g/mol. The molecule has 1 aliphatic heterocycles. The highest BCUT2D eigenvalue weighted by atomic mass is 19.3. The smallest absolute Gasteiger partial charge is 0.387 e. The molecule has 164 valence electrons. The molecule has 0 aromatic heterocycles. The number of benzene rings is 2. The monoisotopic (exact) mass is 434 g/mol. The lowest BCUT2D eigenvalue weighted by Crippen LogP contribution is -2.39. The van der Waals surface area contributed by atoms with Crippen LogP contribution in [0.25, 0.3) is 0 Å². The number of ether oxygens (including phenoxy) is 2. The van der Waals surface area contributed by atoms with Crippen LogP contribution in [0.1, 0.15) is 36.3 Å². The van der Waals surface area contributed by atoms with Gasteiger partial charge in [-0.2, -0.15) is 8.78 Å². The predicted octanol–water partition coefficient (Wildman–Crippen LogP) is 4.05. The van der Waals surface area contributed by atoms with E-state index in [9.17, 15) is 22.8 Å². The number of alkyl halides is 2. The predicted molar refractivity (Wildman–Crippen MR) is 106 cm³/mol. The molecule has 2 aliphatic rings. The van der Waals surface area contributed by atoms with E-state index in [1.54, 1.807) is 17.0 Å². The maximum absolute atomic E-state index is 13.6. The Kier molecular flexibility index (Phi) is 5.75. The van der Waals surface area contributed by atoms with Gasteiger partial charge in [0.15, 0.2) is 11.5 Å². The van der Waals surface area contributed by atoms with Crippen LogP contribution in [0.2, 0.25) is 0 Å². The minimum Gasteiger partial charge on any atom is -0.493 e. The molecule has 1 heterocycles. The van der Waals surface area contributed by atoms with Crippen molar-refractivity contribution < 1.29 is 32.2 Å². The summed E-state index contributed by atoms with van der Waals surface area (Å²) >= 11 is 0. The summed E-state index contributed by atoms with van der Waals surface area (Å²) in [7, 11) is 1.35. The summed E-state index contributed by atoms with van der Waals surface area (Å²) < 4.78 is 48.3. The summed E-state index contributed by atoms with van der Waals surface area (Å²) in [6.07, 6.45) is 1.65. The number of hydrogen-bond donors (Lipinski definition) is 1. The maximum atomic E-state index is 13.6. The van der Waals surface area contributed by atoms with Crippen molar-refractivity contribution in [3.05, 3.63) is 53.3 Å². The van der Waals surface area contributed by atoms with Crippen molar-refractivity contribution in [1.29, 1.82) is 0 Å². The lowest BCUT2D eigenvalue weighted by Gasteiger charge is -2.31. The second-order valence-electron chi connectivity index (χ2n) is 7.60. The van der Waals surface area contributed by atoms with Gasteiger partial charge in [0.1, 0.15) is 5.82 Å². The Morgan fingerprint density at radius 1 is 1.19 bits per heavy atom. The minimum absolute atomic E-state index is 0.0226. The third kappa shape index (κ3) is 4.60. The number of methoxy groups -OCH3 is 1. The summed E-state index contributed by atoms with van der Waals surface area (Å²) in [5.41, 5.74) is 1.56. The number of nitrogens with zero attached hydrogens (tertiary/aromatic N) is 1. The first-order chi connectivity index (χ1) is 14.9. The second kappa shape index (κ2) is 8.49. The van der Waals surface area contributed by atoms with E-state index in [4.69, 9.17) is 4.74 Å². The van der Waals surface area contributed by atoms with Gasteiger partial charge in [-0.3, -0.25) is 9.59 Å². The van der Waals surface area contributed by atoms with E-state index >= 15 is 0 Å². The molecule has 1 aliphatic carbocycles. The average Bonchev–Trinajstić information content (AvgIpc) is 3.56. The third-order valence-electron chi connectivity index (χ3n) is 5.42. The van der Waals surface area contributed by atoms with Crippen LogP contribution in [0, 0.1) is 5.82 Å². The van der Waals surface area contributed by atoms with Crippen LogP contribution in [0.15, 0.2) is 36.4 Å². The summed E-state index contributed by atoms with van der Waals surface area (Å²) in [5.74, 6) is -1.73. The molecule has 2 amide bonds. The van der Waals surface area contributed by atoms with E-state index in [1.807, 2.05) is 0 Å². The highest BCUT2D eigenvalue weighted by Gasteiger charge is 2.39. The first kappa shape index (κ1) is 21.0. The number of carbonyl (C=O) groups excluding carboxylic acids is 2. The highest BCUT2D eigenvalue weighted by molar-refractivity contribution is 6.01. The van der Waals surface area contributed by atoms with Gasteiger partial charge in [0.25, 0.3) is 0 Å². The fraction of sp³-hybridized carbons (Fsp3) is 0.364. The van der Waals surface area contributed by atoms with E-state index in [1.165, 1.54) is 31.4 Å². The molecule has 2 aromatic rings. The quantitative estimate of drug-likeness (QED) is 0.714. The molecule has 0 radical (unpaired) electrons. The molecular formula is C22H21F3N2O4. The van der Waals surface area contributed by atoms with Crippen molar-refractivity contribution in [1.82, 2.24) is 4.90 Å². The molecule has 0 saturated heterocycles. The normalized spacial score (nSPS) is 17.7. The van der Waals surface area contributed by atoms with Gasteiger partial charge in [-0.25, -0.2) is 4.39 Å². The fourth-order valence-electron chi connectivity index (χ4n) is 3.83. The lowest BCUT2D eigenvalue weighted by molar-refractivity contribution is -0.136. The lowest BCUT2D eigenvalue weighted by atomic mass is 9.89. The topological polar surface area (TPSA) is 67.9 Å². The number of hydrogen-bond acceptors (Lipinski definition) is 4. The standard InChI is InChI=1S/C22H21F3N2O4/c1-30-19-8-12(2-7-18(19)31-22(24)25)11-27(14-4-5-14)21(29)16-10-20(28)26-17-9-13(23)3-6-15(16)17/h2-3,6-9,14,16,22H,4-5,10-11H2,1H3,(H,26,28). The zero-order valence-electron chi connectivity index (χ0n) is 16.7. The second-order valence-corrected chi connectivity index (χ2v) is 7.60. The Balaban J connectivity index is 1.59. The molecule has 1 N–H and O–H groups in total. The number of carbonyl (C=O) groups is 2. The molecule has 1 fully saturated rings. The molecule has 31 heavy (non-hydrogen) atoms. The maximum Gasteiger partial charge on any atom is 0.387 e. The van der Waals surface area contributed by atoms with Crippen LogP contribution in [-0.2, 0) is 16.1 Å². The van der Waals surface area contributed by atoms with Crippen molar-refractivity contribution in [3.8, 4) is 11.5 Å². The number of amides is 2. The number of rotatable bonds is 7. The van der Waals surface area contributed by atoms with Gasteiger partial charge in [-0.1, -0.05) is 12.1 Å². The Bertz CT molecular complexity index is 1010. The van der Waals surface area contributed by atoms with Gasteiger partial charge in [0.05, 0.1) is 13.0 Å². The first-order valence-electron chi connectivity index (χ1n) is 9.87. The molecule has 1 unspecified atom stereocenters. The van der Waals surface area contributed by atoms with Crippen LogP contribution >= 0.6 is 0 Å². The molecule has 2 aromatic carbocycles. The van der Waals surface area contributed by atoms with Gasteiger partial charge >= 0.3 is 6.61 Å². The van der Waals surface area contributed by atoms with Gasteiger partial charge in [-0.05, 0) is 48.2 Å². The van der Waals surface area contributed by atoms with Crippen molar-refractivity contribution in [2.75, 3.05) is 12.4 Å². The van der Waals surface area contributed by atoms with Gasteiger partial charge < -0.3 is 19.7 Å². The highest BCUT2D eigenvalue weighted by Crippen LogP contribution is 2.38. The Morgan fingerprint density at radius 2 is 1.97 bits per heavy atom. The summed E-state index contributed by atoms with van der Waals surface area (Å²) in [6, 6.07) is 8.56. The van der Waals surface area contributed by atoms with E-state index < -0.39 is 18.3 Å². The largest absolute Gasteiger partial charge is 0.493 e. The van der Waals surface area contributed by atoms with Gasteiger partial charge in [0, 0.05) is 24.7 Å². The van der Waals surface area contributed by atoms with Crippen LogP contribution in [-0.4, -0.2) is 36.5 Å². The Morgan fingerprint density at radius 3 is 2.65 bits per heavy atom. The Hall–Kier alpha value is -3.23. The molecule has 0 spiro atoms. The Labute approximate surface area is 176 Å². The average molecular weight is 434 g/mol. The number of anilines is 1. The number of nitrogens with one attached hydrogen (secondary N) is 1. The zero-order chi connectivity index (χ0) is 22.1. The van der Waals surface area contributed by atoms with Gasteiger partial charge in [0.2, 0.25) is 11.8 Å². The van der Waals surface area contributed by atoms with E-state index in [-0.39, 0.29) is 42.3 Å². The summed E-state index contributed by atoms with van der Waals surface area (Å²) in [4.78, 5) is 27.3. The molecule has 1 atom stereocenters. The van der Waals surface area contributed by atoms with Crippen molar-refractivity contribution in [3.63, 3.8) is 0 Å². The van der Waals surface area contributed by atoms with Crippen molar-refractivity contribution in [2.24, 2.45) is 0 Å². The summed E-state index contributed by atoms with van der Waals surface area (Å²) in [5, 5.41) is 2.61. The van der Waals surface area contributed by atoms with Gasteiger partial charge in [-0.15, -0.1) is 0 Å². The SMILES string of the molecule is COc1cc(CN(C(=O)C2CC(=O)Nc3cc(F)ccc32)C2CC2)ccc1OC(F)F. The molecule has 0 bridgehead atoms. The first-order valence-corrected chi connectivity index (χ1v) is 9.87. The van der Waals surface area contributed by atoms with Crippen LogP contribution in [0.5, 0.6) is 11.5 Å². The molecule has 9 heteroatoms. The third-order valence-corrected chi connectivity index (χ3v) is 5.42. The molecule has 4 rings (SSSR count). The van der Waals surface area contributed by atoms with Crippen LogP contribution in [0.4, 0.5) is 18.9 Å². The van der Waals surface area contributed by atoms with Crippen molar-refractivity contribution in [2.45, 2.75) is 44.4 Å². The number of fused-ring (bicyclic) bond motifs is 1. The minimum atomic E-state index is -2.98. The van der Waals surface area contributed by atoms with Crippen LogP contribution in [0.3, 0.4) is 0 Å². The fourth-order valence-corrected chi connectivity index (χ4v) is 3.83. The van der Waals surface area contributed by atoms with E-state index in [0.717, 1.165) is 12.8 Å². The number of halogens is 3. The van der Waals surface area contributed by atoms with E-state index in [2.05, 4.69) is 10.1 Å². The van der Waals surface area contributed by atoms with Crippen LogP contribution < -0.4 is 14.8 Å².